The summed E-state index contributed by atoms with van der Waals surface area (Å²) in [7, 11) is 5.49. The third-order valence-electron chi connectivity index (χ3n) is 3.79. The Morgan fingerprint density at radius 1 is 1.26 bits per heavy atom. The van der Waals surface area contributed by atoms with Crippen LogP contribution in [0.15, 0.2) is 12.1 Å². The van der Waals surface area contributed by atoms with Gasteiger partial charge in [0.2, 0.25) is 0 Å². The lowest BCUT2D eigenvalue weighted by atomic mass is 10.1. The van der Waals surface area contributed by atoms with Crippen LogP contribution in [0.1, 0.15) is 17.5 Å². The highest BCUT2D eigenvalue weighted by Crippen LogP contribution is 2.31. The summed E-state index contributed by atoms with van der Waals surface area (Å²) in [6.07, 6.45) is 1.11. The highest BCUT2D eigenvalue weighted by molar-refractivity contribution is 5.47. The second kappa shape index (κ2) is 6.26. The van der Waals surface area contributed by atoms with Gasteiger partial charge in [-0.1, -0.05) is 0 Å². The number of rotatable bonds is 5. The number of benzene rings is 1. The predicted molar refractivity (Wildman–Crippen MR) is 75.0 cm³/mol. The molecular weight excluding hydrogens is 242 g/mol. The molecule has 19 heavy (non-hydrogen) atoms. The monoisotopic (exact) mass is 265 g/mol. The third-order valence-corrected chi connectivity index (χ3v) is 3.79. The molecule has 1 aromatic carbocycles. The normalized spacial score (nSPS) is 18.9. The Morgan fingerprint density at radius 2 is 1.95 bits per heavy atom. The molecule has 0 bridgehead atoms. The fraction of sp³-hybridized carbons (Fsp3) is 0.600. The largest absolute Gasteiger partial charge is 0.493 e. The second-order valence-corrected chi connectivity index (χ2v) is 5.07. The van der Waals surface area contributed by atoms with E-state index in [4.69, 9.17) is 14.2 Å². The lowest BCUT2D eigenvalue weighted by molar-refractivity contribution is 0.156. The van der Waals surface area contributed by atoms with E-state index in [2.05, 4.69) is 24.9 Å². The molecular formula is C15H23NO3. The smallest absolute Gasteiger partial charge is 0.161 e. The van der Waals surface area contributed by atoms with Gasteiger partial charge < -0.3 is 14.2 Å². The maximum atomic E-state index is 5.44. The minimum atomic E-state index is 0.521. The van der Waals surface area contributed by atoms with Gasteiger partial charge in [0.25, 0.3) is 0 Å². The molecule has 0 aliphatic carbocycles. The summed E-state index contributed by atoms with van der Waals surface area (Å²) >= 11 is 0. The van der Waals surface area contributed by atoms with Gasteiger partial charge >= 0.3 is 0 Å². The van der Waals surface area contributed by atoms with Crippen molar-refractivity contribution in [3.8, 4) is 11.5 Å². The van der Waals surface area contributed by atoms with Crippen LogP contribution >= 0.6 is 0 Å². The van der Waals surface area contributed by atoms with Crippen molar-refractivity contribution in [1.82, 2.24) is 4.90 Å². The number of hydrogen-bond donors (Lipinski definition) is 0. The number of methoxy groups -OCH3 is 2. The number of ether oxygens (including phenoxy) is 3. The summed E-state index contributed by atoms with van der Waals surface area (Å²) < 4.78 is 16.1. The molecule has 0 N–H and O–H groups in total. The summed E-state index contributed by atoms with van der Waals surface area (Å²) in [6.45, 7) is 4.72. The van der Waals surface area contributed by atoms with Crippen molar-refractivity contribution < 1.29 is 14.2 Å². The van der Waals surface area contributed by atoms with Crippen molar-refractivity contribution in [1.29, 1.82) is 0 Å². The van der Waals surface area contributed by atoms with Gasteiger partial charge in [0.15, 0.2) is 11.5 Å². The second-order valence-electron chi connectivity index (χ2n) is 5.07. The molecule has 1 fully saturated rings. The Kier molecular flexibility index (Phi) is 4.66. The van der Waals surface area contributed by atoms with Crippen LogP contribution in [0.5, 0.6) is 11.5 Å². The number of aryl methyl sites for hydroxylation is 1. The zero-order valence-corrected chi connectivity index (χ0v) is 12.2. The maximum absolute atomic E-state index is 5.44. The molecule has 1 unspecified atom stereocenters. The molecule has 1 aliphatic rings. The van der Waals surface area contributed by atoms with Crippen LogP contribution in [-0.4, -0.2) is 45.4 Å². The molecule has 1 atom stereocenters. The molecule has 106 valence electrons. The van der Waals surface area contributed by atoms with Crippen LogP contribution < -0.4 is 9.47 Å². The van der Waals surface area contributed by atoms with E-state index in [0.29, 0.717) is 6.04 Å². The Labute approximate surface area is 115 Å². The van der Waals surface area contributed by atoms with E-state index < -0.39 is 0 Å². The minimum Gasteiger partial charge on any atom is -0.493 e. The van der Waals surface area contributed by atoms with Gasteiger partial charge in [-0.15, -0.1) is 0 Å². The first-order valence-corrected chi connectivity index (χ1v) is 6.65. The van der Waals surface area contributed by atoms with Crippen LogP contribution in [0.3, 0.4) is 0 Å². The molecule has 2 rings (SSSR count). The Hall–Kier alpha value is -1.26. The van der Waals surface area contributed by atoms with Gasteiger partial charge in [-0.05, 0) is 43.7 Å². The van der Waals surface area contributed by atoms with E-state index in [0.717, 1.165) is 37.7 Å². The van der Waals surface area contributed by atoms with Crippen molar-refractivity contribution in [2.45, 2.75) is 25.9 Å². The van der Waals surface area contributed by atoms with Crippen LogP contribution in [0, 0.1) is 6.92 Å². The summed E-state index contributed by atoms with van der Waals surface area (Å²) in [6, 6.07) is 4.63. The molecule has 4 heteroatoms. The molecule has 0 aromatic heterocycles. The van der Waals surface area contributed by atoms with Gasteiger partial charge in [-0.3, -0.25) is 4.90 Å². The predicted octanol–water partition coefficient (Wildman–Crippen LogP) is 2.23. The average molecular weight is 265 g/mol. The average Bonchev–Trinajstić information content (AvgIpc) is 2.94. The summed E-state index contributed by atoms with van der Waals surface area (Å²) in [4.78, 5) is 2.35. The molecule has 4 nitrogen and oxygen atoms in total. The van der Waals surface area contributed by atoms with E-state index in [-0.39, 0.29) is 0 Å². The quantitative estimate of drug-likeness (QED) is 0.817. The standard InChI is InChI=1S/C15H23NO3/c1-11-7-14(17-3)15(18-4)8-12(11)9-16(2)13-5-6-19-10-13/h7-8,13H,5-6,9-10H2,1-4H3. The highest BCUT2D eigenvalue weighted by atomic mass is 16.5. The van der Waals surface area contributed by atoms with E-state index >= 15 is 0 Å². The SMILES string of the molecule is COc1cc(C)c(CN(C)C2CCOC2)cc1OC. The van der Waals surface area contributed by atoms with E-state index in [1.807, 2.05) is 6.07 Å². The van der Waals surface area contributed by atoms with Crippen molar-refractivity contribution in [2.75, 3.05) is 34.5 Å². The minimum absolute atomic E-state index is 0.521. The molecule has 1 saturated heterocycles. The zero-order valence-electron chi connectivity index (χ0n) is 12.2. The number of hydrogen-bond acceptors (Lipinski definition) is 4. The molecule has 0 amide bonds. The topological polar surface area (TPSA) is 30.9 Å². The van der Waals surface area contributed by atoms with E-state index in [9.17, 15) is 0 Å². The highest BCUT2D eigenvalue weighted by Gasteiger charge is 2.21. The third kappa shape index (κ3) is 3.19. The van der Waals surface area contributed by atoms with Gasteiger partial charge in [-0.2, -0.15) is 0 Å². The molecule has 0 saturated carbocycles. The van der Waals surface area contributed by atoms with E-state index in [1.165, 1.54) is 11.1 Å². The van der Waals surface area contributed by atoms with Crippen LogP contribution in [0.2, 0.25) is 0 Å². The first-order chi connectivity index (χ1) is 9.15. The summed E-state index contributed by atoms with van der Waals surface area (Å²) in [5, 5.41) is 0. The first kappa shape index (κ1) is 14.2. The Balaban J connectivity index is 2.14. The molecule has 1 aliphatic heterocycles. The van der Waals surface area contributed by atoms with Gasteiger partial charge in [0.1, 0.15) is 0 Å². The zero-order chi connectivity index (χ0) is 13.8. The molecule has 0 spiro atoms. The summed E-state index contributed by atoms with van der Waals surface area (Å²) in [5.74, 6) is 1.58. The lowest BCUT2D eigenvalue weighted by Crippen LogP contribution is -2.31. The molecule has 0 radical (unpaired) electrons. The van der Waals surface area contributed by atoms with Gasteiger partial charge in [0.05, 0.1) is 20.8 Å². The Morgan fingerprint density at radius 3 is 2.53 bits per heavy atom. The number of likely N-dealkylation sites (N-methyl/N-ethyl adjacent to an activating group) is 1. The van der Waals surface area contributed by atoms with Crippen LogP contribution in [0.4, 0.5) is 0 Å². The van der Waals surface area contributed by atoms with Crippen molar-refractivity contribution in [3.05, 3.63) is 23.3 Å². The lowest BCUT2D eigenvalue weighted by Gasteiger charge is -2.24. The molecule has 1 aromatic rings. The molecule has 1 heterocycles. The first-order valence-electron chi connectivity index (χ1n) is 6.65. The van der Waals surface area contributed by atoms with Crippen molar-refractivity contribution in [2.24, 2.45) is 0 Å². The fourth-order valence-corrected chi connectivity index (χ4v) is 2.46. The number of nitrogens with zero attached hydrogens (tertiary/aromatic N) is 1. The maximum Gasteiger partial charge on any atom is 0.161 e. The van der Waals surface area contributed by atoms with Crippen LogP contribution in [0.25, 0.3) is 0 Å². The van der Waals surface area contributed by atoms with Crippen molar-refractivity contribution in [3.63, 3.8) is 0 Å². The summed E-state index contributed by atoms with van der Waals surface area (Å²) in [5.41, 5.74) is 2.50. The fourth-order valence-electron chi connectivity index (χ4n) is 2.46. The van der Waals surface area contributed by atoms with Crippen molar-refractivity contribution >= 4 is 0 Å². The van der Waals surface area contributed by atoms with Gasteiger partial charge in [-0.25, -0.2) is 0 Å². The Bertz CT molecular complexity index is 428. The van der Waals surface area contributed by atoms with Gasteiger partial charge in [0, 0.05) is 19.2 Å². The van der Waals surface area contributed by atoms with E-state index in [1.54, 1.807) is 14.2 Å². The van der Waals surface area contributed by atoms with Crippen LogP contribution in [-0.2, 0) is 11.3 Å².